The zero-order valence-corrected chi connectivity index (χ0v) is 15.2. The number of fused-ring (bicyclic) bond motifs is 1. The van der Waals surface area contributed by atoms with Crippen molar-refractivity contribution >= 4 is 46.2 Å². The third-order valence-corrected chi connectivity index (χ3v) is 4.61. The summed E-state index contributed by atoms with van der Waals surface area (Å²) in [6, 6.07) is 0. The van der Waals surface area contributed by atoms with Crippen LogP contribution in [0.15, 0.2) is 23.4 Å². The van der Waals surface area contributed by atoms with Gasteiger partial charge in [0.15, 0.2) is 5.82 Å². The Balaban J connectivity index is 1.97. The molecule has 0 fully saturated rings. The molecule has 0 aliphatic rings. The van der Waals surface area contributed by atoms with Gasteiger partial charge >= 0.3 is 0 Å². The van der Waals surface area contributed by atoms with Crippen molar-refractivity contribution in [2.24, 2.45) is 0 Å². The van der Waals surface area contributed by atoms with E-state index in [9.17, 15) is 9.18 Å². The van der Waals surface area contributed by atoms with Crippen LogP contribution in [0.5, 0.6) is 0 Å². The second-order valence-corrected chi connectivity index (χ2v) is 6.42. The Morgan fingerprint density at radius 1 is 1.46 bits per heavy atom. The number of aromatic amines is 2. The number of hydrogen-bond donors (Lipinski definition) is 4. The van der Waals surface area contributed by atoms with Crippen molar-refractivity contribution in [2.45, 2.75) is 18.7 Å². The molecular formula is C17H17FN6OS. The average molecular weight is 372 g/mol. The lowest BCUT2D eigenvalue weighted by Crippen LogP contribution is -2.05. The summed E-state index contributed by atoms with van der Waals surface area (Å²) in [5.41, 5.74) is 1.68. The molecule has 3 rings (SSSR count). The number of carbonyl (C=O) groups is 1. The van der Waals surface area contributed by atoms with Gasteiger partial charge in [-0.05, 0) is 25.3 Å². The highest BCUT2D eigenvalue weighted by atomic mass is 32.2. The van der Waals surface area contributed by atoms with Crippen LogP contribution in [0.4, 0.5) is 10.2 Å². The summed E-state index contributed by atoms with van der Waals surface area (Å²) >= 11 is 1.25. The predicted molar refractivity (Wildman–Crippen MR) is 101 cm³/mol. The summed E-state index contributed by atoms with van der Waals surface area (Å²) in [6.07, 6.45) is 8.06. The second kappa shape index (κ2) is 7.12. The van der Waals surface area contributed by atoms with Crippen LogP contribution in [-0.4, -0.2) is 38.0 Å². The molecule has 2 heterocycles. The summed E-state index contributed by atoms with van der Waals surface area (Å²) in [5, 5.41) is 18.5. The summed E-state index contributed by atoms with van der Waals surface area (Å²) in [7, 11) is 0. The van der Waals surface area contributed by atoms with E-state index in [1.807, 2.05) is 0 Å². The lowest BCUT2D eigenvalue weighted by atomic mass is 10.0. The van der Waals surface area contributed by atoms with Crippen molar-refractivity contribution in [3.05, 3.63) is 41.2 Å². The number of nitrogens with one attached hydrogen (secondary N) is 4. The molecule has 0 radical (unpaired) electrons. The molecule has 3 aromatic rings. The molecular weight excluding hydrogens is 355 g/mol. The number of allylic oxidation sites excluding steroid dienone is 1. The Hall–Kier alpha value is -2.94. The Bertz CT molecular complexity index is 1040. The van der Waals surface area contributed by atoms with E-state index >= 15 is 0 Å². The van der Waals surface area contributed by atoms with Crippen LogP contribution in [0, 0.1) is 18.2 Å². The number of hydrogen-bond acceptors (Lipinski definition) is 5. The molecule has 7 nitrogen and oxygen atoms in total. The van der Waals surface area contributed by atoms with Crippen molar-refractivity contribution in [3.63, 3.8) is 0 Å². The van der Waals surface area contributed by atoms with E-state index in [-0.39, 0.29) is 17.4 Å². The number of rotatable bonds is 5. The van der Waals surface area contributed by atoms with Crippen LogP contribution >= 0.6 is 11.8 Å². The first-order valence-corrected chi connectivity index (χ1v) is 8.94. The zero-order chi connectivity index (χ0) is 18.8. The lowest BCUT2D eigenvalue weighted by molar-refractivity contribution is -0.114. The van der Waals surface area contributed by atoms with Gasteiger partial charge in [0.05, 0.1) is 22.3 Å². The van der Waals surface area contributed by atoms with Crippen molar-refractivity contribution < 1.29 is 9.18 Å². The number of carbonyl (C=O) groups excluding carboxylic acids is 1. The molecule has 0 aliphatic carbocycles. The normalized spacial score (nSPS) is 11.4. The van der Waals surface area contributed by atoms with Gasteiger partial charge in [-0.15, -0.1) is 11.8 Å². The maximum absolute atomic E-state index is 14.7. The van der Waals surface area contributed by atoms with Crippen LogP contribution < -0.4 is 5.32 Å². The summed E-state index contributed by atoms with van der Waals surface area (Å²) in [4.78, 5) is 18.5. The Morgan fingerprint density at radius 2 is 2.23 bits per heavy atom. The molecule has 2 aromatic heterocycles. The number of amides is 1. The van der Waals surface area contributed by atoms with Crippen LogP contribution in [0.25, 0.3) is 17.0 Å². The number of imidazole rings is 1. The number of nitrogens with zero attached hydrogens (tertiary/aromatic N) is 2. The minimum atomic E-state index is -0.353. The number of thioether (sulfide) groups is 1. The van der Waals surface area contributed by atoms with Crippen molar-refractivity contribution in [1.82, 2.24) is 20.2 Å². The molecule has 26 heavy (non-hydrogen) atoms. The van der Waals surface area contributed by atoms with Gasteiger partial charge in [0.25, 0.3) is 0 Å². The van der Waals surface area contributed by atoms with Gasteiger partial charge in [0, 0.05) is 29.6 Å². The van der Waals surface area contributed by atoms with Gasteiger partial charge in [-0.1, -0.05) is 0 Å². The van der Waals surface area contributed by atoms with Gasteiger partial charge in [0.1, 0.15) is 11.6 Å². The van der Waals surface area contributed by atoms with Crippen LogP contribution in [0.3, 0.4) is 0 Å². The molecule has 0 spiro atoms. The number of aromatic nitrogens is 4. The third kappa shape index (κ3) is 3.25. The Labute approximate surface area is 153 Å². The van der Waals surface area contributed by atoms with Gasteiger partial charge in [-0.3, -0.25) is 9.89 Å². The molecule has 0 aliphatic heterocycles. The first kappa shape index (κ1) is 17.9. The van der Waals surface area contributed by atoms with E-state index in [2.05, 4.69) is 25.5 Å². The summed E-state index contributed by atoms with van der Waals surface area (Å²) in [5.74, 6) is 0.294. The fraction of sp³-hybridized carbons (Fsp3) is 0.176. The third-order valence-electron chi connectivity index (χ3n) is 3.82. The fourth-order valence-electron chi connectivity index (χ4n) is 2.64. The van der Waals surface area contributed by atoms with Crippen molar-refractivity contribution in [2.75, 3.05) is 11.6 Å². The number of benzene rings is 1. The van der Waals surface area contributed by atoms with Crippen LogP contribution in [0.2, 0.25) is 0 Å². The highest BCUT2D eigenvalue weighted by Gasteiger charge is 2.20. The van der Waals surface area contributed by atoms with Gasteiger partial charge in [0.2, 0.25) is 5.91 Å². The lowest BCUT2D eigenvalue weighted by Gasteiger charge is -2.11. The number of aryl methyl sites for hydroxylation is 1. The minimum Gasteiger partial charge on any atom is -0.343 e. The molecule has 0 atom stereocenters. The maximum Gasteiger partial charge on any atom is 0.222 e. The molecule has 1 amide bonds. The maximum atomic E-state index is 14.7. The van der Waals surface area contributed by atoms with E-state index in [4.69, 9.17) is 5.41 Å². The highest BCUT2D eigenvalue weighted by Crippen LogP contribution is 2.34. The summed E-state index contributed by atoms with van der Waals surface area (Å²) < 4.78 is 14.7. The molecule has 1 aromatic carbocycles. The SMILES string of the molecule is CSc1c(F)c(C)c2[nH]ncc2c1C(=N)/C=C\c1nc(NC(C)=O)c[nH]1. The van der Waals surface area contributed by atoms with Crippen molar-refractivity contribution in [1.29, 1.82) is 5.41 Å². The number of H-pyrrole nitrogens is 2. The highest BCUT2D eigenvalue weighted by molar-refractivity contribution is 7.98. The average Bonchev–Trinajstić information content (AvgIpc) is 3.24. The van der Waals surface area contributed by atoms with Gasteiger partial charge < -0.3 is 15.7 Å². The largest absolute Gasteiger partial charge is 0.343 e. The molecule has 9 heteroatoms. The predicted octanol–water partition coefficient (Wildman–Crippen LogP) is 3.50. The van der Waals surface area contributed by atoms with Gasteiger partial charge in [-0.2, -0.15) is 5.10 Å². The van der Waals surface area contributed by atoms with E-state index in [0.717, 1.165) is 0 Å². The molecule has 0 saturated carbocycles. The first-order valence-electron chi connectivity index (χ1n) is 7.71. The summed E-state index contributed by atoms with van der Waals surface area (Å²) in [6.45, 7) is 3.08. The quantitative estimate of drug-likeness (QED) is 0.406. The Morgan fingerprint density at radius 3 is 2.92 bits per heavy atom. The van der Waals surface area contributed by atoms with Gasteiger partial charge in [-0.25, -0.2) is 9.37 Å². The molecule has 4 N–H and O–H groups in total. The minimum absolute atomic E-state index is 0.136. The topological polar surface area (TPSA) is 110 Å². The fourth-order valence-corrected chi connectivity index (χ4v) is 3.40. The second-order valence-electron chi connectivity index (χ2n) is 5.61. The van der Waals surface area contributed by atoms with E-state index < -0.39 is 0 Å². The standard InChI is InChI=1S/C17H17FN6OS/c1-8-15(18)17(26-3)14(10-6-21-24-16(8)10)11(19)4-5-12-20-7-13(23-12)22-9(2)25/h4-7,19H,1-3H3,(H,20,23)(H,21,24)(H,22,25)/b5-4-,19-11?. The van der Waals surface area contributed by atoms with E-state index in [1.54, 1.807) is 31.6 Å². The smallest absolute Gasteiger partial charge is 0.222 e. The van der Waals surface area contributed by atoms with E-state index in [0.29, 0.717) is 38.6 Å². The van der Waals surface area contributed by atoms with Crippen molar-refractivity contribution in [3.8, 4) is 0 Å². The van der Waals surface area contributed by atoms with Crippen LogP contribution in [0.1, 0.15) is 23.9 Å². The molecule has 134 valence electrons. The Kier molecular flexibility index (Phi) is 4.90. The van der Waals surface area contributed by atoms with Crippen LogP contribution in [-0.2, 0) is 4.79 Å². The molecule has 0 bridgehead atoms. The molecule has 0 unspecified atom stereocenters. The number of halogens is 1. The first-order chi connectivity index (χ1) is 12.4. The molecule has 0 saturated heterocycles. The monoisotopic (exact) mass is 372 g/mol. The zero-order valence-electron chi connectivity index (χ0n) is 14.4. The number of anilines is 1. The van der Waals surface area contributed by atoms with E-state index in [1.165, 1.54) is 24.8 Å².